The molecule has 0 bridgehead atoms. The Balaban J connectivity index is 0. The molecule has 0 atom stereocenters. The fourth-order valence-electron chi connectivity index (χ4n) is 1.14. The molecule has 114 valence electrons. The van der Waals surface area contributed by atoms with Gasteiger partial charge in [-0.3, -0.25) is 14.9 Å². The van der Waals surface area contributed by atoms with E-state index in [0.29, 0.717) is 0 Å². The summed E-state index contributed by atoms with van der Waals surface area (Å²) in [7, 11) is 0. The predicted molar refractivity (Wildman–Crippen MR) is 78.4 cm³/mol. The highest BCUT2D eigenvalue weighted by molar-refractivity contribution is 5.94. The van der Waals surface area contributed by atoms with Gasteiger partial charge < -0.3 is 5.32 Å². The van der Waals surface area contributed by atoms with E-state index in [1.54, 1.807) is 13.8 Å². The number of hydrogen-bond acceptors (Lipinski definition) is 3. The molecule has 0 aliphatic heterocycles. The van der Waals surface area contributed by atoms with Crippen molar-refractivity contribution in [1.29, 1.82) is 0 Å². The van der Waals surface area contributed by atoms with Crippen LogP contribution in [0.3, 0.4) is 0 Å². The molecule has 0 spiro atoms. The molecule has 1 aromatic carbocycles. The van der Waals surface area contributed by atoms with Crippen LogP contribution in [-0.4, -0.2) is 16.9 Å². The van der Waals surface area contributed by atoms with Gasteiger partial charge in [-0.1, -0.05) is 27.7 Å². The largest absolute Gasteiger partial charge is 0.350 e. The van der Waals surface area contributed by atoms with Crippen molar-refractivity contribution < 1.29 is 14.1 Å². The van der Waals surface area contributed by atoms with Crippen molar-refractivity contribution >= 4 is 11.6 Å². The van der Waals surface area contributed by atoms with Gasteiger partial charge in [-0.05, 0) is 19.9 Å². The molecule has 0 fully saturated rings. The lowest BCUT2D eigenvalue weighted by Gasteiger charge is -2.08. The van der Waals surface area contributed by atoms with E-state index in [0.717, 1.165) is 18.2 Å². The Morgan fingerprint density at radius 1 is 1.25 bits per heavy atom. The first-order valence-electron chi connectivity index (χ1n) is 6.66. The zero-order valence-corrected chi connectivity index (χ0v) is 12.9. The highest BCUT2D eigenvalue weighted by atomic mass is 19.1. The minimum atomic E-state index is -0.896. The zero-order valence-electron chi connectivity index (χ0n) is 12.9. The summed E-state index contributed by atoms with van der Waals surface area (Å²) >= 11 is 0. The summed E-state index contributed by atoms with van der Waals surface area (Å²) < 4.78 is 13.3. The summed E-state index contributed by atoms with van der Waals surface area (Å²) in [6, 6.07) is 2.81. The lowest BCUT2D eigenvalue weighted by molar-refractivity contribution is -0.385. The Morgan fingerprint density at radius 3 is 2.10 bits per heavy atom. The van der Waals surface area contributed by atoms with Crippen LogP contribution in [0.25, 0.3) is 0 Å². The van der Waals surface area contributed by atoms with Crippen LogP contribution in [0, 0.1) is 15.9 Å². The second-order valence-corrected chi connectivity index (χ2v) is 3.55. The summed E-state index contributed by atoms with van der Waals surface area (Å²) in [5, 5.41) is 12.9. The van der Waals surface area contributed by atoms with Crippen molar-refractivity contribution in [1.82, 2.24) is 5.32 Å². The summed E-state index contributed by atoms with van der Waals surface area (Å²) in [6.45, 7) is 11.5. The molecule has 0 radical (unpaired) electrons. The Kier molecular flexibility index (Phi) is 11.1. The van der Waals surface area contributed by atoms with E-state index < -0.39 is 16.6 Å². The molecule has 1 amide bonds. The molecular weight excluding hydrogens is 263 g/mol. The third kappa shape index (κ3) is 6.82. The number of benzene rings is 1. The number of nitrogens with one attached hydrogen (secondary N) is 1. The smallest absolute Gasteiger partial charge is 0.272 e. The Hall–Kier alpha value is -1.98. The van der Waals surface area contributed by atoms with Gasteiger partial charge in [-0.15, -0.1) is 0 Å². The molecule has 1 rings (SSSR count). The van der Waals surface area contributed by atoms with Crippen molar-refractivity contribution in [2.24, 2.45) is 0 Å². The number of non-ortho nitro benzene ring substituents is 1. The number of nitro groups is 1. The maximum atomic E-state index is 13.3. The van der Waals surface area contributed by atoms with E-state index in [1.807, 2.05) is 27.7 Å². The van der Waals surface area contributed by atoms with Gasteiger partial charge in [0, 0.05) is 12.1 Å². The lowest BCUT2D eigenvalue weighted by Crippen LogP contribution is -2.30. The first-order chi connectivity index (χ1) is 9.41. The normalized spacial score (nSPS) is 8.80. The Labute approximate surface area is 119 Å². The number of nitrogens with zero attached hydrogens (tertiary/aromatic N) is 1. The monoisotopic (exact) mass is 286 g/mol. The van der Waals surface area contributed by atoms with E-state index >= 15 is 0 Å². The van der Waals surface area contributed by atoms with Crippen LogP contribution in [0.2, 0.25) is 0 Å². The summed E-state index contributed by atoms with van der Waals surface area (Å²) in [5.41, 5.74) is -0.571. The quantitative estimate of drug-likeness (QED) is 0.676. The standard InChI is InChI=1S/C10H11FN2O3.2C2H6/c1-6(2)12-10(14)8-4-3-7(13(15)16)5-9(8)11;2*1-2/h3-6H,1-2H3,(H,12,14);2*1-2H3. The summed E-state index contributed by atoms with van der Waals surface area (Å²) in [5.74, 6) is -1.48. The first kappa shape index (κ1) is 20.3. The first-order valence-corrected chi connectivity index (χ1v) is 6.66. The van der Waals surface area contributed by atoms with Crippen LogP contribution in [0.15, 0.2) is 18.2 Å². The number of amides is 1. The molecule has 0 saturated carbocycles. The van der Waals surface area contributed by atoms with Gasteiger partial charge in [0.05, 0.1) is 16.6 Å². The van der Waals surface area contributed by atoms with Gasteiger partial charge in [0.25, 0.3) is 11.6 Å². The Morgan fingerprint density at radius 2 is 1.75 bits per heavy atom. The lowest BCUT2D eigenvalue weighted by atomic mass is 10.1. The second kappa shape index (κ2) is 10.9. The topological polar surface area (TPSA) is 72.2 Å². The average Bonchev–Trinajstić information content (AvgIpc) is 2.42. The van der Waals surface area contributed by atoms with Crippen LogP contribution in [0.4, 0.5) is 10.1 Å². The molecule has 0 aliphatic carbocycles. The number of carbonyl (C=O) groups is 1. The van der Waals surface area contributed by atoms with Gasteiger partial charge in [0.1, 0.15) is 5.82 Å². The van der Waals surface area contributed by atoms with Gasteiger partial charge in [0.15, 0.2) is 0 Å². The molecule has 0 saturated heterocycles. The van der Waals surface area contributed by atoms with Crippen molar-refractivity contribution in [2.75, 3.05) is 0 Å². The molecule has 5 nitrogen and oxygen atoms in total. The molecule has 6 heteroatoms. The fraction of sp³-hybridized carbons (Fsp3) is 0.500. The number of carbonyl (C=O) groups excluding carboxylic acids is 1. The van der Waals surface area contributed by atoms with Crippen LogP contribution in [-0.2, 0) is 0 Å². The highest BCUT2D eigenvalue weighted by Crippen LogP contribution is 2.16. The van der Waals surface area contributed by atoms with Crippen LogP contribution >= 0.6 is 0 Å². The minimum absolute atomic E-state index is 0.123. The second-order valence-electron chi connectivity index (χ2n) is 3.55. The van der Waals surface area contributed by atoms with E-state index in [2.05, 4.69) is 5.32 Å². The van der Waals surface area contributed by atoms with Crippen molar-refractivity contribution in [3.05, 3.63) is 39.7 Å². The van der Waals surface area contributed by atoms with E-state index in [4.69, 9.17) is 0 Å². The minimum Gasteiger partial charge on any atom is -0.350 e. The Bertz CT molecular complexity index is 434. The van der Waals surface area contributed by atoms with Gasteiger partial charge in [0.2, 0.25) is 0 Å². The van der Waals surface area contributed by atoms with Crippen LogP contribution in [0.1, 0.15) is 51.9 Å². The molecule has 1 N–H and O–H groups in total. The highest BCUT2D eigenvalue weighted by Gasteiger charge is 2.16. The molecule has 20 heavy (non-hydrogen) atoms. The van der Waals surface area contributed by atoms with Crippen LogP contribution in [0.5, 0.6) is 0 Å². The molecule has 0 aliphatic rings. The third-order valence-electron chi connectivity index (χ3n) is 1.83. The number of halogens is 1. The molecular formula is C14H23FN2O3. The summed E-state index contributed by atoms with van der Waals surface area (Å²) in [4.78, 5) is 21.1. The van der Waals surface area contributed by atoms with Crippen molar-refractivity contribution in [3.8, 4) is 0 Å². The number of rotatable bonds is 3. The molecule has 1 aromatic rings. The maximum Gasteiger partial charge on any atom is 0.272 e. The van der Waals surface area contributed by atoms with Crippen molar-refractivity contribution in [3.63, 3.8) is 0 Å². The van der Waals surface area contributed by atoms with E-state index in [-0.39, 0.29) is 17.3 Å². The molecule has 0 unspecified atom stereocenters. The number of hydrogen-bond donors (Lipinski definition) is 1. The molecule has 0 aromatic heterocycles. The van der Waals surface area contributed by atoms with Gasteiger partial charge >= 0.3 is 0 Å². The van der Waals surface area contributed by atoms with Crippen LogP contribution < -0.4 is 5.32 Å². The SMILES string of the molecule is CC.CC.CC(C)NC(=O)c1ccc([N+](=O)[O-])cc1F. The number of nitro benzene ring substituents is 1. The maximum absolute atomic E-state index is 13.3. The van der Waals surface area contributed by atoms with Gasteiger partial charge in [-0.25, -0.2) is 4.39 Å². The third-order valence-corrected chi connectivity index (χ3v) is 1.83. The van der Waals surface area contributed by atoms with E-state index in [9.17, 15) is 19.3 Å². The fourth-order valence-corrected chi connectivity index (χ4v) is 1.14. The predicted octanol–water partition coefficient (Wildman–Crippen LogP) is 3.92. The average molecular weight is 286 g/mol. The summed E-state index contributed by atoms with van der Waals surface area (Å²) in [6.07, 6.45) is 0. The zero-order chi connectivity index (χ0) is 16.3. The van der Waals surface area contributed by atoms with E-state index in [1.165, 1.54) is 0 Å². The van der Waals surface area contributed by atoms with Crippen molar-refractivity contribution in [2.45, 2.75) is 47.6 Å². The van der Waals surface area contributed by atoms with Gasteiger partial charge in [-0.2, -0.15) is 0 Å². The molecule has 0 heterocycles.